The lowest BCUT2D eigenvalue weighted by molar-refractivity contribution is 0.0948. The third-order valence-electron chi connectivity index (χ3n) is 3.62. The first kappa shape index (κ1) is 16.3. The fourth-order valence-corrected chi connectivity index (χ4v) is 2.76. The molecule has 0 spiro atoms. The third-order valence-corrected chi connectivity index (χ3v) is 4.11. The Morgan fingerprint density at radius 1 is 1.25 bits per heavy atom. The van der Waals surface area contributed by atoms with Crippen molar-refractivity contribution in [3.63, 3.8) is 0 Å². The second-order valence-electron chi connectivity index (χ2n) is 5.45. The molecular formula is C18H16BrN3O2. The molecule has 6 heteroatoms. The predicted octanol–water partition coefficient (Wildman–Crippen LogP) is 3.49. The van der Waals surface area contributed by atoms with Crippen molar-refractivity contribution in [3.05, 3.63) is 70.5 Å². The van der Waals surface area contributed by atoms with E-state index in [9.17, 15) is 9.90 Å². The number of amides is 1. The van der Waals surface area contributed by atoms with Gasteiger partial charge in [-0.05, 0) is 35.4 Å². The molecule has 122 valence electrons. The average Bonchev–Trinajstić information content (AvgIpc) is 3.02. The van der Waals surface area contributed by atoms with Crippen molar-refractivity contribution in [1.82, 2.24) is 15.1 Å². The molecule has 3 aromatic rings. The molecule has 3 rings (SSSR count). The average molecular weight is 386 g/mol. The van der Waals surface area contributed by atoms with Gasteiger partial charge >= 0.3 is 0 Å². The van der Waals surface area contributed by atoms with Crippen LogP contribution in [-0.4, -0.2) is 20.8 Å². The molecule has 1 aromatic heterocycles. The van der Waals surface area contributed by atoms with Crippen molar-refractivity contribution in [2.75, 3.05) is 0 Å². The Balaban J connectivity index is 1.73. The zero-order valence-corrected chi connectivity index (χ0v) is 14.6. The van der Waals surface area contributed by atoms with Gasteiger partial charge in [-0.3, -0.25) is 9.48 Å². The number of hydrogen-bond acceptors (Lipinski definition) is 3. The summed E-state index contributed by atoms with van der Waals surface area (Å²) >= 11 is 3.30. The standard InChI is InChI=1S/C18H16BrN3O2/c1-22-11-14(10-21-22)13-4-2-3-12(7-13)9-20-18(24)16-8-15(19)5-6-17(16)23/h2-8,10-11,23H,9H2,1H3,(H,20,24). The van der Waals surface area contributed by atoms with E-state index in [0.717, 1.165) is 21.2 Å². The molecule has 0 aliphatic heterocycles. The number of aromatic hydroxyl groups is 1. The van der Waals surface area contributed by atoms with Crippen molar-refractivity contribution in [3.8, 4) is 16.9 Å². The summed E-state index contributed by atoms with van der Waals surface area (Å²) in [4.78, 5) is 12.2. The van der Waals surface area contributed by atoms with Gasteiger partial charge < -0.3 is 10.4 Å². The minimum Gasteiger partial charge on any atom is -0.507 e. The van der Waals surface area contributed by atoms with E-state index in [1.165, 1.54) is 6.07 Å². The summed E-state index contributed by atoms with van der Waals surface area (Å²) in [5, 5.41) is 16.8. The monoisotopic (exact) mass is 385 g/mol. The largest absolute Gasteiger partial charge is 0.507 e. The highest BCUT2D eigenvalue weighted by Crippen LogP contribution is 2.22. The lowest BCUT2D eigenvalue weighted by Crippen LogP contribution is -2.22. The van der Waals surface area contributed by atoms with E-state index in [4.69, 9.17) is 0 Å². The number of halogens is 1. The highest BCUT2D eigenvalue weighted by molar-refractivity contribution is 9.10. The number of nitrogens with one attached hydrogen (secondary N) is 1. The van der Waals surface area contributed by atoms with Gasteiger partial charge in [0.2, 0.25) is 0 Å². The summed E-state index contributed by atoms with van der Waals surface area (Å²) in [6.45, 7) is 0.374. The van der Waals surface area contributed by atoms with Crippen LogP contribution in [0.5, 0.6) is 5.75 Å². The number of carbonyl (C=O) groups excluding carboxylic acids is 1. The molecule has 2 N–H and O–H groups in total. The first-order valence-electron chi connectivity index (χ1n) is 7.37. The molecule has 0 aliphatic carbocycles. The van der Waals surface area contributed by atoms with Gasteiger partial charge in [-0.15, -0.1) is 0 Å². The van der Waals surface area contributed by atoms with Gasteiger partial charge in [-0.2, -0.15) is 5.10 Å². The number of phenolic OH excluding ortho intramolecular Hbond substituents is 1. The molecule has 0 aliphatic rings. The second kappa shape index (κ2) is 6.88. The van der Waals surface area contributed by atoms with Crippen LogP contribution in [0.3, 0.4) is 0 Å². The SMILES string of the molecule is Cn1cc(-c2cccc(CNC(=O)c3cc(Br)ccc3O)c2)cn1. The molecule has 2 aromatic carbocycles. The van der Waals surface area contributed by atoms with Crippen LogP contribution in [0.4, 0.5) is 0 Å². The molecule has 1 amide bonds. The van der Waals surface area contributed by atoms with Crippen LogP contribution in [0.25, 0.3) is 11.1 Å². The topological polar surface area (TPSA) is 67.2 Å². The van der Waals surface area contributed by atoms with Crippen LogP contribution < -0.4 is 5.32 Å². The molecule has 0 bridgehead atoms. The Labute approximate surface area is 148 Å². The summed E-state index contributed by atoms with van der Waals surface area (Å²) in [6, 6.07) is 12.7. The van der Waals surface area contributed by atoms with E-state index >= 15 is 0 Å². The normalized spacial score (nSPS) is 10.6. The Morgan fingerprint density at radius 3 is 2.83 bits per heavy atom. The number of benzene rings is 2. The summed E-state index contributed by atoms with van der Waals surface area (Å²) in [6.07, 6.45) is 3.74. The summed E-state index contributed by atoms with van der Waals surface area (Å²) in [5.74, 6) is -0.361. The van der Waals surface area contributed by atoms with Gasteiger partial charge in [0.15, 0.2) is 0 Å². The number of rotatable bonds is 4. The lowest BCUT2D eigenvalue weighted by atomic mass is 10.1. The smallest absolute Gasteiger partial charge is 0.255 e. The molecular weight excluding hydrogens is 370 g/mol. The Morgan fingerprint density at radius 2 is 2.08 bits per heavy atom. The highest BCUT2D eigenvalue weighted by Gasteiger charge is 2.11. The summed E-state index contributed by atoms with van der Waals surface area (Å²) in [5.41, 5.74) is 3.28. The number of nitrogens with zero attached hydrogens (tertiary/aromatic N) is 2. The molecule has 1 heterocycles. The van der Waals surface area contributed by atoms with E-state index in [0.29, 0.717) is 6.54 Å². The fourth-order valence-electron chi connectivity index (χ4n) is 2.40. The van der Waals surface area contributed by atoms with E-state index < -0.39 is 0 Å². The quantitative estimate of drug-likeness (QED) is 0.722. The van der Waals surface area contributed by atoms with E-state index in [-0.39, 0.29) is 17.2 Å². The van der Waals surface area contributed by atoms with Crippen LogP contribution in [0, 0.1) is 0 Å². The molecule has 0 radical (unpaired) electrons. The molecule has 24 heavy (non-hydrogen) atoms. The summed E-state index contributed by atoms with van der Waals surface area (Å²) < 4.78 is 2.49. The molecule has 5 nitrogen and oxygen atoms in total. The first-order valence-corrected chi connectivity index (χ1v) is 8.17. The highest BCUT2D eigenvalue weighted by atomic mass is 79.9. The zero-order chi connectivity index (χ0) is 17.1. The van der Waals surface area contributed by atoms with Crippen LogP contribution in [0.15, 0.2) is 59.3 Å². The van der Waals surface area contributed by atoms with E-state index in [1.807, 2.05) is 37.5 Å². The van der Waals surface area contributed by atoms with Gasteiger partial charge in [0.1, 0.15) is 5.75 Å². The predicted molar refractivity (Wildman–Crippen MR) is 95.6 cm³/mol. The molecule has 0 atom stereocenters. The fraction of sp³-hybridized carbons (Fsp3) is 0.111. The van der Waals surface area contributed by atoms with Crippen LogP contribution in [0.1, 0.15) is 15.9 Å². The van der Waals surface area contributed by atoms with Crippen molar-refractivity contribution >= 4 is 21.8 Å². The first-order chi connectivity index (χ1) is 11.5. The van der Waals surface area contributed by atoms with Crippen LogP contribution >= 0.6 is 15.9 Å². The van der Waals surface area contributed by atoms with Crippen molar-refractivity contribution in [2.24, 2.45) is 7.05 Å². The number of aromatic nitrogens is 2. The number of carbonyl (C=O) groups is 1. The van der Waals surface area contributed by atoms with Gasteiger partial charge in [0.05, 0.1) is 11.8 Å². The minimum atomic E-state index is -0.319. The van der Waals surface area contributed by atoms with Crippen molar-refractivity contribution in [1.29, 1.82) is 0 Å². The van der Waals surface area contributed by atoms with E-state index in [1.54, 1.807) is 23.0 Å². The van der Waals surface area contributed by atoms with Crippen molar-refractivity contribution in [2.45, 2.75) is 6.54 Å². The number of hydrogen-bond donors (Lipinski definition) is 2. The molecule has 0 saturated carbocycles. The molecule has 0 saturated heterocycles. The van der Waals surface area contributed by atoms with Gasteiger partial charge in [0, 0.05) is 29.8 Å². The minimum absolute atomic E-state index is 0.0418. The maximum atomic E-state index is 12.2. The zero-order valence-electron chi connectivity index (χ0n) is 13.0. The van der Waals surface area contributed by atoms with Crippen molar-refractivity contribution < 1.29 is 9.90 Å². The molecule has 0 unspecified atom stereocenters. The Hall–Kier alpha value is -2.60. The van der Waals surface area contributed by atoms with E-state index in [2.05, 4.69) is 26.3 Å². The van der Waals surface area contributed by atoms with Gasteiger partial charge in [-0.25, -0.2) is 0 Å². The number of aryl methyl sites for hydroxylation is 1. The Bertz CT molecular complexity index is 889. The molecule has 0 fully saturated rings. The maximum absolute atomic E-state index is 12.2. The maximum Gasteiger partial charge on any atom is 0.255 e. The van der Waals surface area contributed by atoms with Gasteiger partial charge in [0.25, 0.3) is 5.91 Å². The van der Waals surface area contributed by atoms with Crippen LogP contribution in [0.2, 0.25) is 0 Å². The number of phenols is 1. The lowest BCUT2D eigenvalue weighted by Gasteiger charge is -2.08. The summed E-state index contributed by atoms with van der Waals surface area (Å²) in [7, 11) is 1.87. The Kier molecular flexibility index (Phi) is 4.66. The second-order valence-corrected chi connectivity index (χ2v) is 6.36. The third kappa shape index (κ3) is 3.65. The van der Waals surface area contributed by atoms with Gasteiger partial charge in [-0.1, -0.05) is 34.1 Å². The van der Waals surface area contributed by atoms with Crippen LogP contribution in [-0.2, 0) is 13.6 Å².